The number of methoxy groups -OCH3 is 2. The first-order valence-corrected chi connectivity index (χ1v) is 10.5. The van der Waals surface area contributed by atoms with Gasteiger partial charge in [0.1, 0.15) is 5.82 Å². The lowest BCUT2D eigenvalue weighted by atomic mass is 9.69. The van der Waals surface area contributed by atoms with Crippen LogP contribution >= 0.6 is 0 Å². The van der Waals surface area contributed by atoms with E-state index < -0.39 is 11.7 Å². The van der Waals surface area contributed by atoms with E-state index in [1.807, 2.05) is 13.8 Å². The minimum atomic E-state index is -0.549. The minimum absolute atomic E-state index is 0.0174. The Bertz CT molecular complexity index is 1110. The first-order chi connectivity index (χ1) is 15.2. The summed E-state index contributed by atoms with van der Waals surface area (Å²) in [4.78, 5) is 28.1. The minimum Gasteiger partial charge on any atom is -0.502 e. The molecule has 32 heavy (non-hydrogen) atoms. The Labute approximate surface area is 186 Å². The Kier molecular flexibility index (Phi) is 5.44. The van der Waals surface area contributed by atoms with Crippen LogP contribution in [0.3, 0.4) is 0 Å². The number of nitrogens with zero attached hydrogens (tertiary/aromatic N) is 1. The van der Waals surface area contributed by atoms with Gasteiger partial charge in [-0.1, -0.05) is 26.0 Å². The molecule has 1 heterocycles. The van der Waals surface area contributed by atoms with Gasteiger partial charge in [-0.3, -0.25) is 14.5 Å². The Hall–Kier alpha value is -3.35. The van der Waals surface area contributed by atoms with Crippen molar-refractivity contribution in [1.29, 1.82) is 0 Å². The average molecular weight is 439 g/mol. The molecule has 0 spiro atoms. The van der Waals surface area contributed by atoms with Crippen molar-refractivity contribution in [2.75, 3.05) is 19.1 Å². The topological polar surface area (TPSA) is 76.1 Å². The molecule has 0 fully saturated rings. The van der Waals surface area contributed by atoms with Crippen LogP contribution in [0.2, 0.25) is 0 Å². The van der Waals surface area contributed by atoms with Crippen LogP contribution < -0.4 is 14.4 Å². The maximum Gasteiger partial charge on any atom is 0.232 e. The molecule has 2 aromatic carbocycles. The molecular weight excluding hydrogens is 413 g/mol. The number of ether oxygens (including phenoxy) is 2. The third-order valence-corrected chi connectivity index (χ3v) is 6.14. The molecule has 1 aliphatic heterocycles. The number of hydrogen-bond donors (Lipinski definition) is 1. The number of amides is 1. The Morgan fingerprint density at radius 2 is 1.69 bits per heavy atom. The fourth-order valence-electron chi connectivity index (χ4n) is 4.73. The van der Waals surface area contributed by atoms with Crippen molar-refractivity contribution in [2.45, 2.75) is 39.0 Å². The van der Waals surface area contributed by atoms with E-state index in [0.717, 1.165) is 0 Å². The summed E-state index contributed by atoms with van der Waals surface area (Å²) < 4.78 is 25.2. The predicted octanol–water partition coefficient (Wildman–Crippen LogP) is 4.71. The first-order valence-electron chi connectivity index (χ1n) is 10.5. The third kappa shape index (κ3) is 3.61. The van der Waals surface area contributed by atoms with E-state index in [4.69, 9.17) is 9.47 Å². The van der Waals surface area contributed by atoms with Crippen LogP contribution in [0, 0.1) is 11.2 Å². The number of ketones is 1. The summed E-state index contributed by atoms with van der Waals surface area (Å²) in [5.41, 5.74) is 1.44. The molecule has 2 aliphatic rings. The molecule has 0 bridgehead atoms. The van der Waals surface area contributed by atoms with Gasteiger partial charge >= 0.3 is 0 Å². The lowest BCUT2D eigenvalue weighted by molar-refractivity contribution is -0.121. The summed E-state index contributed by atoms with van der Waals surface area (Å²) >= 11 is 0. The number of allylic oxidation sites excluding steroid dienone is 2. The summed E-state index contributed by atoms with van der Waals surface area (Å²) in [6, 6.07) is 9.33. The largest absolute Gasteiger partial charge is 0.502 e. The van der Waals surface area contributed by atoms with Crippen molar-refractivity contribution >= 4 is 17.4 Å². The number of hydrogen-bond acceptors (Lipinski definition) is 5. The van der Waals surface area contributed by atoms with Crippen LogP contribution in [0.1, 0.15) is 44.6 Å². The molecule has 7 heteroatoms. The SMILES string of the molecule is COc1cc(C2CC(=O)N(c3ccccc3F)C3=C2C(=O)CC(C)(C)C3)cc(OC)c1O. The smallest absolute Gasteiger partial charge is 0.232 e. The third-order valence-electron chi connectivity index (χ3n) is 6.14. The molecule has 2 aromatic rings. The number of aromatic hydroxyl groups is 1. The van der Waals surface area contributed by atoms with Gasteiger partial charge in [0.2, 0.25) is 11.7 Å². The zero-order chi connectivity index (χ0) is 23.2. The van der Waals surface area contributed by atoms with Gasteiger partial charge < -0.3 is 14.6 Å². The number of para-hydroxylation sites is 1. The number of carbonyl (C=O) groups is 2. The summed E-state index contributed by atoms with van der Waals surface area (Å²) in [5, 5.41) is 10.3. The highest BCUT2D eigenvalue weighted by molar-refractivity contribution is 6.08. The van der Waals surface area contributed by atoms with Crippen LogP contribution in [0.25, 0.3) is 0 Å². The van der Waals surface area contributed by atoms with Crippen molar-refractivity contribution < 1.29 is 28.6 Å². The molecule has 1 unspecified atom stereocenters. The molecule has 0 saturated carbocycles. The number of benzene rings is 2. The first kappa shape index (κ1) is 21.9. The average Bonchev–Trinajstić information content (AvgIpc) is 2.73. The van der Waals surface area contributed by atoms with Crippen LogP contribution in [0.4, 0.5) is 10.1 Å². The van der Waals surface area contributed by atoms with E-state index in [0.29, 0.717) is 29.7 Å². The highest BCUT2D eigenvalue weighted by Crippen LogP contribution is 2.50. The Morgan fingerprint density at radius 3 is 2.28 bits per heavy atom. The number of carbonyl (C=O) groups excluding carboxylic acids is 2. The van der Waals surface area contributed by atoms with Crippen molar-refractivity contribution in [3.63, 3.8) is 0 Å². The van der Waals surface area contributed by atoms with Gasteiger partial charge in [-0.25, -0.2) is 4.39 Å². The summed E-state index contributed by atoms with van der Waals surface area (Å²) in [5.74, 6) is -1.21. The van der Waals surface area contributed by atoms with E-state index >= 15 is 0 Å². The fourth-order valence-corrected chi connectivity index (χ4v) is 4.73. The summed E-state index contributed by atoms with van der Waals surface area (Å²) in [7, 11) is 2.84. The summed E-state index contributed by atoms with van der Waals surface area (Å²) in [6.07, 6.45) is 0.765. The van der Waals surface area contributed by atoms with Crippen molar-refractivity contribution in [3.8, 4) is 17.2 Å². The molecule has 168 valence electrons. The number of phenols is 1. The molecule has 0 aromatic heterocycles. The molecule has 1 amide bonds. The number of anilines is 1. The van der Waals surface area contributed by atoms with Gasteiger partial charge in [-0.15, -0.1) is 0 Å². The maximum atomic E-state index is 14.7. The number of halogens is 1. The van der Waals surface area contributed by atoms with Crippen LogP contribution in [-0.4, -0.2) is 31.0 Å². The molecule has 4 rings (SSSR count). The zero-order valence-corrected chi connectivity index (χ0v) is 18.6. The predicted molar refractivity (Wildman–Crippen MR) is 118 cm³/mol. The van der Waals surface area contributed by atoms with E-state index in [1.54, 1.807) is 30.3 Å². The quantitative estimate of drug-likeness (QED) is 0.747. The highest BCUT2D eigenvalue weighted by Gasteiger charge is 2.45. The Balaban J connectivity index is 1.94. The van der Waals surface area contributed by atoms with Gasteiger partial charge in [0.25, 0.3) is 0 Å². The second-order valence-corrected chi connectivity index (χ2v) is 9.01. The van der Waals surface area contributed by atoms with Gasteiger partial charge in [0, 0.05) is 30.0 Å². The number of phenolic OH excluding ortho intramolecular Hbond substituents is 1. The van der Waals surface area contributed by atoms with E-state index in [1.165, 1.54) is 25.2 Å². The normalized spacial score (nSPS) is 20.3. The van der Waals surface area contributed by atoms with E-state index in [2.05, 4.69) is 0 Å². The van der Waals surface area contributed by atoms with Crippen LogP contribution in [0.5, 0.6) is 17.2 Å². The molecule has 1 atom stereocenters. The van der Waals surface area contributed by atoms with Crippen molar-refractivity contribution in [1.82, 2.24) is 0 Å². The van der Waals surface area contributed by atoms with Crippen molar-refractivity contribution in [3.05, 3.63) is 59.0 Å². The maximum absolute atomic E-state index is 14.7. The molecular formula is C25H26FNO5. The molecule has 1 aliphatic carbocycles. The number of Topliss-reactive ketones (excluding diaryl/α,β-unsaturated/α-hetero) is 1. The standard InChI is InChI=1S/C25H26FNO5/c1-25(2)12-18-23(19(28)13-25)15(14-9-20(31-3)24(30)21(10-14)32-4)11-22(29)27(18)17-8-6-5-7-16(17)26/h5-10,15,30H,11-13H2,1-4H3. The monoisotopic (exact) mass is 439 g/mol. The molecule has 0 saturated heterocycles. The fraction of sp³-hybridized carbons (Fsp3) is 0.360. The number of rotatable bonds is 4. The lowest BCUT2D eigenvalue weighted by Crippen LogP contribution is -2.44. The summed E-state index contributed by atoms with van der Waals surface area (Å²) in [6.45, 7) is 3.93. The zero-order valence-electron chi connectivity index (χ0n) is 18.6. The second-order valence-electron chi connectivity index (χ2n) is 9.01. The van der Waals surface area contributed by atoms with Crippen LogP contribution in [-0.2, 0) is 9.59 Å². The van der Waals surface area contributed by atoms with Crippen molar-refractivity contribution in [2.24, 2.45) is 5.41 Å². The van der Waals surface area contributed by atoms with Gasteiger partial charge in [0.05, 0.1) is 19.9 Å². The Morgan fingerprint density at radius 1 is 1.06 bits per heavy atom. The van der Waals surface area contributed by atoms with Gasteiger partial charge in [0.15, 0.2) is 17.3 Å². The molecule has 6 nitrogen and oxygen atoms in total. The second kappa shape index (κ2) is 7.97. The van der Waals surface area contributed by atoms with Crippen LogP contribution in [0.15, 0.2) is 47.7 Å². The molecule has 1 N–H and O–H groups in total. The lowest BCUT2D eigenvalue weighted by Gasteiger charge is -2.43. The van der Waals surface area contributed by atoms with E-state index in [-0.39, 0.29) is 46.5 Å². The van der Waals surface area contributed by atoms with E-state index in [9.17, 15) is 19.1 Å². The van der Waals surface area contributed by atoms with Gasteiger partial charge in [-0.05, 0) is 41.7 Å². The highest BCUT2D eigenvalue weighted by atomic mass is 19.1. The van der Waals surface area contributed by atoms with Gasteiger partial charge in [-0.2, -0.15) is 0 Å². The molecule has 0 radical (unpaired) electrons.